The van der Waals surface area contributed by atoms with Gasteiger partial charge in [-0.3, -0.25) is 10.1 Å². The normalized spacial score (nSPS) is 14.0. The zero-order valence-electron chi connectivity index (χ0n) is 15.8. The van der Waals surface area contributed by atoms with Gasteiger partial charge in [-0.1, -0.05) is 29.8 Å². The molecule has 0 unspecified atom stereocenters. The molecule has 1 saturated heterocycles. The van der Waals surface area contributed by atoms with E-state index in [1.807, 2.05) is 4.90 Å². The van der Waals surface area contributed by atoms with Crippen LogP contribution in [0.5, 0.6) is 0 Å². The largest absolute Gasteiger partial charge is 0.362 e. The van der Waals surface area contributed by atoms with Gasteiger partial charge < -0.3 is 15.1 Å². The molecule has 1 aliphatic rings. The highest BCUT2D eigenvalue weighted by Crippen LogP contribution is 2.28. The van der Waals surface area contributed by atoms with Crippen molar-refractivity contribution in [3.05, 3.63) is 64.2 Å². The molecular weight excluding hydrogens is 376 g/mol. The van der Waals surface area contributed by atoms with Crippen LogP contribution in [0.2, 0.25) is 0 Å². The molecule has 1 N–H and O–H groups in total. The maximum absolute atomic E-state index is 12.4. The van der Waals surface area contributed by atoms with Crippen molar-refractivity contribution in [2.45, 2.75) is 11.8 Å². The fourth-order valence-electron chi connectivity index (χ4n) is 3.11. The summed E-state index contributed by atoms with van der Waals surface area (Å²) in [4.78, 5) is 28.1. The van der Waals surface area contributed by atoms with Gasteiger partial charge in [0.15, 0.2) is 0 Å². The summed E-state index contributed by atoms with van der Waals surface area (Å²) >= 11 is 1.71. The van der Waals surface area contributed by atoms with Gasteiger partial charge in [0.2, 0.25) is 0 Å². The van der Waals surface area contributed by atoms with E-state index < -0.39 is 0 Å². The number of benzene rings is 2. The summed E-state index contributed by atoms with van der Waals surface area (Å²) < 4.78 is 0. The summed E-state index contributed by atoms with van der Waals surface area (Å²) in [6.07, 6.45) is 0. The molecule has 0 aromatic heterocycles. The Labute approximate surface area is 168 Å². The van der Waals surface area contributed by atoms with E-state index in [0.717, 1.165) is 5.75 Å². The van der Waals surface area contributed by atoms with Crippen molar-refractivity contribution in [2.24, 2.45) is 0 Å². The summed E-state index contributed by atoms with van der Waals surface area (Å²) in [7, 11) is 0. The summed E-state index contributed by atoms with van der Waals surface area (Å²) in [5.74, 6) is 0.810. The summed E-state index contributed by atoms with van der Waals surface area (Å²) in [6, 6.07) is 15.0. The standard InChI is InChI=1S/C20H24N4O3S/c1-16-6-8-17(9-7-16)28-15-10-21-20(25)23-13-11-22(12-14-23)18-4-2-3-5-19(18)24(26)27/h2-9H,10-15H2,1H3,(H,21,25). The van der Waals surface area contributed by atoms with Crippen LogP contribution in [0.3, 0.4) is 0 Å². The predicted molar refractivity (Wildman–Crippen MR) is 112 cm³/mol. The number of thioether (sulfide) groups is 1. The Hall–Kier alpha value is -2.74. The highest BCUT2D eigenvalue weighted by molar-refractivity contribution is 7.99. The Balaban J connectivity index is 1.42. The molecule has 1 fully saturated rings. The highest BCUT2D eigenvalue weighted by atomic mass is 32.2. The van der Waals surface area contributed by atoms with Crippen LogP contribution in [0.4, 0.5) is 16.2 Å². The molecule has 0 spiro atoms. The number of nitrogens with zero attached hydrogens (tertiary/aromatic N) is 3. The Bertz CT molecular complexity index is 820. The van der Waals surface area contributed by atoms with Gasteiger partial charge in [0, 0.05) is 49.4 Å². The molecule has 0 saturated carbocycles. The van der Waals surface area contributed by atoms with E-state index in [2.05, 4.69) is 36.5 Å². The average Bonchev–Trinajstić information content (AvgIpc) is 2.72. The molecule has 0 radical (unpaired) electrons. The molecule has 7 nitrogen and oxygen atoms in total. The van der Waals surface area contributed by atoms with Crippen molar-refractivity contribution in [1.29, 1.82) is 0 Å². The van der Waals surface area contributed by atoms with E-state index in [1.54, 1.807) is 34.9 Å². The number of nitro benzene ring substituents is 1. The molecule has 28 heavy (non-hydrogen) atoms. The van der Waals surface area contributed by atoms with E-state index in [0.29, 0.717) is 38.4 Å². The van der Waals surface area contributed by atoms with Crippen LogP contribution in [0.1, 0.15) is 5.56 Å². The molecule has 0 atom stereocenters. The van der Waals surface area contributed by atoms with Gasteiger partial charge in [-0.25, -0.2) is 4.79 Å². The first kappa shape index (κ1) is 20.0. The first-order chi connectivity index (χ1) is 13.5. The SMILES string of the molecule is Cc1ccc(SCCNC(=O)N2CCN(c3ccccc3[N+](=O)[O-])CC2)cc1. The second-order valence-corrected chi connectivity index (χ2v) is 7.78. The lowest BCUT2D eigenvalue weighted by atomic mass is 10.2. The molecule has 2 aromatic carbocycles. The van der Waals surface area contributed by atoms with Gasteiger partial charge in [0.1, 0.15) is 5.69 Å². The molecule has 1 aliphatic heterocycles. The molecule has 148 valence electrons. The number of carbonyl (C=O) groups excluding carboxylic acids is 1. The number of nitro groups is 1. The van der Waals surface area contributed by atoms with E-state index in [1.165, 1.54) is 16.5 Å². The monoisotopic (exact) mass is 400 g/mol. The minimum Gasteiger partial charge on any atom is -0.362 e. The lowest BCUT2D eigenvalue weighted by Gasteiger charge is -2.35. The number of amides is 2. The number of hydrogen-bond acceptors (Lipinski definition) is 5. The fraction of sp³-hybridized carbons (Fsp3) is 0.350. The van der Waals surface area contributed by atoms with Crippen molar-refractivity contribution in [3.8, 4) is 0 Å². The number of rotatable bonds is 6. The molecular formula is C20H24N4O3S. The molecule has 2 amide bonds. The summed E-state index contributed by atoms with van der Waals surface area (Å²) in [5.41, 5.74) is 1.95. The predicted octanol–water partition coefficient (Wildman–Crippen LogP) is 3.53. The highest BCUT2D eigenvalue weighted by Gasteiger charge is 2.25. The number of urea groups is 1. The van der Waals surface area contributed by atoms with Crippen LogP contribution >= 0.6 is 11.8 Å². The fourth-order valence-corrected chi connectivity index (χ4v) is 3.88. The lowest BCUT2D eigenvalue weighted by molar-refractivity contribution is -0.384. The number of piperazine rings is 1. The topological polar surface area (TPSA) is 78.7 Å². The van der Waals surface area contributed by atoms with Crippen molar-refractivity contribution < 1.29 is 9.72 Å². The first-order valence-corrected chi connectivity index (χ1v) is 10.2. The number of aryl methyl sites for hydroxylation is 1. The second kappa shape index (κ2) is 9.45. The second-order valence-electron chi connectivity index (χ2n) is 6.61. The van der Waals surface area contributed by atoms with Crippen LogP contribution in [-0.4, -0.2) is 54.3 Å². The number of hydrogen-bond donors (Lipinski definition) is 1. The van der Waals surface area contributed by atoms with Gasteiger partial charge in [-0.15, -0.1) is 11.8 Å². The first-order valence-electron chi connectivity index (χ1n) is 9.25. The van der Waals surface area contributed by atoms with Gasteiger partial charge in [0.25, 0.3) is 5.69 Å². The Morgan fingerprint density at radius 2 is 1.79 bits per heavy atom. The number of para-hydroxylation sites is 2. The molecule has 0 bridgehead atoms. The van der Waals surface area contributed by atoms with Gasteiger partial charge in [-0.05, 0) is 25.1 Å². The van der Waals surface area contributed by atoms with E-state index in [4.69, 9.17) is 0 Å². The third-order valence-corrected chi connectivity index (χ3v) is 5.67. The maximum atomic E-state index is 12.4. The third kappa shape index (κ3) is 5.16. The number of anilines is 1. The van der Waals surface area contributed by atoms with E-state index in [-0.39, 0.29) is 16.6 Å². The van der Waals surface area contributed by atoms with Crippen LogP contribution in [0, 0.1) is 17.0 Å². The zero-order chi connectivity index (χ0) is 19.9. The quantitative estimate of drug-likeness (QED) is 0.347. The lowest BCUT2D eigenvalue weighted by Crippen LogP contribution is -2.52. The zero-order valence-corrected chi connectivity index (χ0v) is 16.7. The van der Waals surface area contributed by atoms with Crippen molar-refractivity contribution in [3.63, 3.8) is 0 Å². The Morgan fingerprint density at radius 1 is 1.11 bits per heavy atom. The maximum Gasteiger partial charge on any atom is 0.317 e. The molecule has 2 aromatic rings. The Morgan fingerprint density at radius 3 is 2.46 bits per heavy atom. The minimum atomic E-state index is -0.361. The summed E-state index contributed by atoms with van der Waals surface area (Å²) in [6.45, 7) is 4.91. The average molecular weight is 401 g/mol. The molecule has 1 heterocycles. The van der Waals surface area contributed by atoms with Gasteiger partial charge in [-0.2, -0.15) is 0 Å². The third-order valence-electron chi connectivity index (χ3n) is 4.65. The van der Waals surface area contributed by atoms with E-state index >= 15 is 0 Å². The molecule has 0 aliphatic carbocycles. The van der Waals surface area contributed by atoms with Crippen LogP contribution < -0.4 is 10.2 Å². The molecule has 3 rings (SSSR count). The van der Waals surface area contributed by atoms with Crippen molar-refractivity contribution in [2.75, 3.05) is 43.4 Å². The Kier molecular flexibility index (Phi) is 6.76. The van der Waals surface area contributed by atoms with Crippen LogP contribution in [0.25, 0.3) is 0 Å². The summed E-state index contributed by atoms with van der Waals surface area (Å²) in [5, 5.41) is 14.2. The van der Waals surface area contributed by atoms with Crippen molar-refractivity contribution >= 4 is 29.2 Å². The van der Waals surface area contributed by atoms with Crippen molar-refractivity contribution in [1.82, 2.24) is 10.2 Å². The molecule has 8 heteroatoms. The van der Waals surface area contributed by atoms with Gasteiger partial charge >= 0.3 is 6.03 Å². The van der Waals surface area contributed by atoms with Gasteiger partial charge in [0.05, 0.1) is 4.92 Å². The number of nitrogens with one attached hydrogen (secondary N) is 1. The van der Waals surface area contributed by atoms with Crippen LogP contribution in [-0.2, 0) is 0 Å². The van der Waals surface area contributed by atoms with Crippen LogP contribution in [0.15, 0.2) is 53.4 Å². The smallest absolute Gasteiger partial charge is 0.317 e. The minimum absolute atomic E-state index is 0.0771. The van der Waals surface area contributed by atoms with E-state index in [9.17, 15) is 14.9 Å². The number of carbonyl (C=O) groups is 1.